The van der Waals surface area contributed by atoms with Crippen LogP contribution in [0.3, 0.4) is 0 Å². The van der Waals surface area contributed by atoms with Crippen LogP contribution < -0.4 is 5.63 Å². The molecule has 0 unspecified atom stereocenters. The predicted octanol–water partition coefficient (Wildman–Crippen LogP) is 3.73. The van der Waals surface area contributed by atoms with Crippen LogP contribution in [-0.2, 0) is 13.0 Å². The van der Waals surface area contributed by atoms with Crippen LogP contribution in [0.5, 0.6) is 0 Å². The molecule has 0 aliphatic heterocycles. The summed E-state index contributed by atoms with van der Waals surface area (Å²) in [6.45, 7) is 1.84. The Labute approximate surface area is 151 Å². The van der Waals surface area contributed by atoms with Gasteiger partial charge in [-0.25, -0.2) is 9.78 Å². The van der Waals surface area contributed by atoms with Gasteiger partial charge in [-0.1, -0.05) is 18.2 Å². The molecule has 0 aliphatic rings. The van der Waals surface area contributed by atoms with E-state index in [1.54, 1.807) is 0 Å². The molecule has 0 amide bonds. The summed E-state index contributed by atoms with van der Waals surface area (Å²) in [7, 11) is 2.12. The summed E-state index contributed by atoms with van der Waals surface area (Å²) < 4.78 is 5.18. The fraction of sp³-hybridized carbons (Fsp3) is 0.238. The maximum absolute atomic E-state index is 11.3. The average Bonchev–Trinajstić information content (AvgIpc) is 3.04. The number of hydrogen-bond acceptors (Lipinski definition) is 4. The van der Waals surface area contributed by atoms with Crippen LogP contribution in [0.4, 0.5) is 0 Å². The molecule has 0 spiro atoms. The molecule has 0 saturated carbocycles. The zero-order valence-electron chi connectivity index (χ0n) is 14.7. The third-order valence-electron chi connectivity index (χ3n) is 4.53. The second-order valence-electron chi connectivity index (χ2n) is 6.67. The minimum absolute atomic E-state index is 0.312. The first-order chi connectivity index (χ1) is 12.7. The number of hydrogen-bond donors (Lipinski definition) is 1. The summed E-state index contributed by atoms with van der Waals surface area (Å²) in [6, 6.07) is 17.4. The van der Waals surface area contributed by atoms with Gasteiger partial charge in [0.2, 0.25) is 0 Å². The quantitative estimate of drug-likeness (QED) is 0.540. The largest absolute Gasteiger partial charge is 0.423 e. The van der Waals surface area contributed by atoms with E-state index in [4.69, 9.17) is 4.42 Å². The Kier molecular flexibility index (Phi) is 4.54. The van der Waals surface area contributed by atoms with Crippen molar-refractivity contribution in [2.24, 2.45) is 0 Å². The van der Waals surface area contributed by atoms with Crippen molar-refractivity contribution in [3.05, 3.63) is 76.4 Å². The van der Waals surface area contributed by atoms with Gasteiger partial charge in [0.1, 0.15) is 11.4 Å². The van der Waals surface area contributed by atoms with Gasteiger partial charge in [-0.15, -0.1) is 0 Å². The van der Waals surface area contributed by atoms with Gasteiger partial charge >= 0.3 is 5.63 Å². The Morgan fingerprint density at radius 1 is 1.12 bits per heavy atom. The van der Waals surface area contributed by atoms with E-state index in [1.807, 2.05) is 36.4 Å². The highest BCUT2D eigenvalue weighted by atomic mass is 16.4. The van der Waals surface area contributed by atoms with Crippen molar-refractivity contribution >= 4 is 22.0 Å². The third-order valence-corrected chi connectivity index (χ3v) is 4.53. The number of rotatable bonds is 6. The van der Waals surface area contributed by atoms with Crippen LogP contribution in [0, 0.1) is 0 Å². The standard InChI is InChI=1S/C21H21N3O2/c1-24(12-4-7-20-22-17-5-2-3-6-18(17)23-20)14-15-8-10-19-16(13-15)9-11-21(25)26-19/h2-3,5-6,8-11,13H,4,7,12,14H2,1H3,(H,22,23). The summed E-state index contributed by atoms with van der Waals surface area (Å²) in [5.41, 5.74) is 3.65. The van der Waals surface area contributed by atoms with Gasteiger partial charge in [0, 0.05) is 24.4 Å². The number of fused-ring (bicyclic) bond motifs is 2. The molecule has 5 nitrogen and oxygen atoms in total. The summed E-state index contributed by atoms with van der Waals surface area (Å²) in [6.07, 6.45) is 1.97. The van der Waals surface area contributed by atoms with Crippen LogP contribution in [-0.4, -0.2) is 28.5 Å². The smallest absolute Gasteiger partial charge is 0.336 e. The molecule has 5 heteroatoms. The Balaban J connectivity index is 1.34. The lowest BCUT2D eigenvalue weighted by Crippen LogP contribution is -2.19. The van der Waals surface area contributed by atoms with Gasteiger partial charge in [0.05, 0.1) is 11.0 Å². The van der Waals surface area contributed by atoms with Gasteiger partial charge in [0.15, 0.2) is 0 Å². The van der Waals surface area contributed by atoms with Crippen LogP contribution in [0.1, 0.15) is 17.8 Å². The van der Waals surface area contributed by atoms with E-state index >= 15 is 0 Å². The molecule has 2 aromatic carbocycles. The van der Waals surface area contributed by atoms with Crippen molar-refractivity contribution in [2.75, 3.05) is 13.6 Å². The number of nitrogens with one attached hydrogen (secondary N) is 1. The molecule has 0 saturated heterocycles. The second kappa shape index (κ2) is 7.14. The van der Waals surface area contributed by atoms with E-state index in [1.165, 1.54) is 11.6 Å². The summed E-state index contributed by atoms with van der Waals surface area (Å²) in [4.78, 5) is 21.6. The minimum atomic E-state index is -0.312. The second-order valence-corrected chi connectivity index (χ2v) is 6.67. The molecule has 0 atom stereocenters. The maximum Gasteiger partial charge on any atom is 0.336 e. The van der Waals surface area contributed by atoms with E-state index in [0.29, 0.717) is 5.58 Å². The maximum atomic E-state index is 11.3. The topological polar surface area (TPSA) is 62.1 Å². The third kappa shape index (κ3) is 3.68. The fourth-order valence-electron chi connectivity index (χ4n) is 3.25. The highest BCUT2D eigenvalue weighted by molar-refractivity contribution is 5.77. The number of aromatic amines is 1. The highest BCUT2D eigenvalue weighted by Gasteiger charge is 2.05. The van der Waals surface area contributed by atoms with E-state index in [0.717, 1.165) is 48.2 Å². The number of aryl methyl sites for hydroxylation is 1. The molecule has 132 valence electrons. The SMILES string of the molecule is CN(CCCc1nc2ccccc2[nH]1)Cc1ccc2oc(=O)ccc2c1. The van der Waals surface area contributed by atoms with E-state index < -0.39 is 0 Å². The van der Waals surface area contributed by atoms with Crippen molar-refractivity contribution < 1.29 is 4.42 Å². The van der Waals surface area contributed by atoms with Crippen LogP contribution in [0.15, 0.2) is 63.8 Å². The van der Waals surface area contributed by atoms with E-state index in [-0.39, 0.29) is 5.63 Å². The lowest BCUT2D eigenvalue weighted by Gasteiger charge is -2.16. The molecular weight excluding hydrogens is 326 g/mol. The minimum Gasteiger partial charge on any atom is -0.423 e. The Bertz CT molecular complexity index is 1060. The number of benzene rings is 2. The molecule has 4 rings (SSSR count). The van der Waals surface area contributed by atoms with Crippen molar-refractivity contribution in [3.8, 4) is 0 Å². The number of nitrogens with zero attached hydrogens (tertiary/aromatic N) is 2. The summed E-state index contributed by atoms with van der Waals surface area (Å²) in [5, 5.41) is 0.956. The van der Waals surface area contributed by atoms with Gasteiger partial charge in [-0.2, -0.15) is 0 Å². The molecule has 26 heavy (non-hydrogen) atoms. The number of para-hydroxylation sites is 2. The molecule has 0 radical (unpaired) electrons. The number of aromatic nitrogens is 2. The van der Waals surface area contributed by atoms with Gasteiger partial charge in [-0.05, 0) is 55.9 Å². The lowest BCUT2D eigenvalue weighted by atomic mass is 10.1. The molecule has 1 N–H and O–H groups in total. The summed E-state index contributed by atoms with van der Waals surface area (Å²) in [5.74, 6) is 1.04. The Morgan fingerprint density at radius 2 is 2.00 bits per heavy atom. The van der Waals surface area contributed by atoms with Crippen molar-refractivity contribution in [1.82, 2.24) is 14.9 Å². The Morgan fingerprint density at radius 3 is 2.88 bits per heavy atom. The van der Waals surface area contributed by atoms with E-state index in [2.05, 4.69) is 34.0 Å². The first-order valence-electron chi connectivity index (χ1n) is 8.82. The monoisotopic (exact) mass is 347 g/mol. The Hall–Kier alpha value is -2.92. The molecule has 2 aromatic heterocycles. The zero-order valence-corrected chi connectivity index (χ0v) is 14.7. The van der Waals surface area contributed by atoms with Crippen LogP contribution in [0.2, 0.25) is 0 Å². The van der Waals surface area contributed by atoms with Crippen molar-refractivity contribution in [1.29, 1.82) is 0 Å². The fourth-order valence-corrected chi connectivity index (χ4v) is 3.25. The molecule has 0 aliphatic carbocycles. The lowest BCUT2D eigenvalue weighted by molar-refractivity contribution is 0.321. The molecular formula is C21H21N3O2. The molecule has 4 aromatic rings. The van der Waals surface area contributed by atoms with Crippen molar-refractivity contribution in [3.63, 3.8) is 0 Å². The normalized spacial score (nSPS) is 11.6. The highest BCUT2D eigenvalue weighted by Crippen LogP contribution is 2.16. The molecule has 0 bridgehead atoms. The van der Waals surface area contributed by atoms with Gasteiger partial charge < -0.3 is 14.3 Å². The number of H-pyrrole nitrogens is 1. The van der Waals surface area contributed by atoms with Crippen molar-refractivity contribution in [2.45, 2.75) is 19.4 Å². The van der Waals surface area contributed by atoms with Gasteiger partial charge in [0.25, 0.3) is 0 Å². The first-order valence-corrected chi connectivity index (χ1v) is 8.82. The molecule has 2 heterocycles. The first kappa shape index (κ1) is 16.5. The molecule has 0 fully saturated rings. The average molecular weight is 347 g/mol. The predicted molar refractivity (Wildman–Crippen MR) is 103 cm³/mol. The zero-order chi connectivity index (χ0) is 17.9. The van der Waals surface area contributed by atoms with Crippen LogP contribution in [0.25, 0.3) is 22.0 Å². The summed E-state index contributed by atoms with van der Waals surface area (Å²) >= 11 is 0. The number of imidazole rings is 1. The van der Waals surface area contributed by atoms with Gasteiger partial charge in [-0.3, -0.25) is 0 Å². The van der Waals surface area contributed by atoms with Crippen LogP contribution >= 0.6 is 0 Å². The van der Waals surface area contributed by atoms with E-state index in [9.17, 15) is 4.79 Å².